The molecule has 1 aliphatic heterocycles. The fourth-order valence-electron chi connectivity index (χ4n) is 3.64. The summed E-state index contributed by atoms with van der Waals surface area (Å²) in [4.78, 5) is 9.65. The van der Waals surface area contributed by atoms with E-state index in [2.05, 4.69) is 21.1 Å². The SMILES string of the molecule is C[C@H]1Oc2cc(cnc2N)-c2c(C#N)cnn2Cc2ncsc2-c2ccc(F)cc21. The van der Waals surface area contributed by atoms with E-state index in [0.29, 0.717) is 34.7 Å². The van der Waals surface area contributed by atoms with Crippen molar-refractivity contribution >= 4 is 17.2 Å². The van der Waals surface area contributed by atoms with Crippen LogP contribution in [0.2, 0.25) is 0 Å². The van der Waals surface area contributed by atoms with Gasteiger partial charge in [-0.3, -0.25) is 4.68 Å². The second-order valence-corrected chi connectivity index (χ2v) is 7.76. The molecule has 7 nitrogen and oxygen atoms in total. The summed E-state index contributed by atoms with van der Waals surface area (Å²) in [6, 6.07) is 8.53. The lowest BCUT2D eigenvalue weighted by molar-refractivity contribution is 0.228. The zero-order valence-electron chi connectivity index (χ0n) is 15.8. The molecule has 1 aliphatic rings. The van der Waals surface area contributed by atoms with E-state index in [0.717, 1.165) is 16.1 Å². The van der Waals surface area contributed by atoms with E-state index >= 15 is 0 Å². The maximum atomic E-state index is 14.1. The highest BCUT2D eigenvalue weighted by molar-refractivity contribution is 7.13. The number of ether oxygens (including phenoxy) is 1. The molecular formula is C21H15FN6OS. The average Bonchev–Trinajstić information content (AvgIpc) is 3.36. The van der Waals surface area contributed by atoms with Crippen LogP contribution in [0.25, 0.3) is 21.7 Å². The molecule has 30 heavy (non-hydrogen) atoms. The minimum absolute atomic E-state index is 0.212. The van der Waals surface area contributed by atoms with Crippen LogP contribution in [-0.2, 0) is 6.54 Å². The van der Waals surface area contributed by atoms with Gasteiger partial charge in [0.05, 0.1) is 40.1 Å². The van der Waals surface area contributed by atoms with Crippen molar-refractivity contribution in [3.8, 4) is 33.5 Å². The zero-order chi connectivity index (χ0) is 20.8. The van der Waals surface area contributed by atoms with Gasteiger partial charge in [0.25, 0.3) is 0 Å². The van der Waals surface area contributed by atoms with E-state index in [4.69, 9.17) is 10.5 Å². The number of nitrogens with two attached hydrogens (primary N) is 1. The van der Waals surface area contributed by atoms with Gasteiger partial charge in [0.1, 0.15) is 18.0 Å². The lowest BCUT2D eigenvalue weighted by atomic mass is 10.00. The van der Waals surface area contributed by atoms with Crippen LogP contribution in [-0.4, -0.2) is 19.7 Å². The highest BCUT2D eigenvalue weighted by Crippen LogP contribution is 2.39. The number of nitrogen functional groups attached to an aromatic ring is 1. The molecule has 0 aliphatic carbocycles. The van der Waals surface area contributed by atoms with Crippen molar-refractivity contribution in [2.45, 2.75) is 19.6 Å². The monoisotopic (exact) mass is 418 g/mol. The molecule has 1 aromatic carbocycles. The number of hydrogen-bond acceptors (Lipinski definition) is 7. The first-order valence-corrected chi connectivity index (χ1v) is 10.0. The van der Waals surface area contributed by atoms with Gasteiger partial charge in [-0.15, -0.1) is 11.3 Å². The molecule has 2 bridgehead atoms. The molecule has 0 fully saturated rings. The molecule has 0 saturated carbocycles. The van der Waals surface area contributed by atoms with Gasteiger partial charge in [-0.25, -0.2) is 14.4 Å². The number of benzene rings is 1. The molecule has 0 saturated heterocycles. The van der Waals surface area contributed by atoms with Crippen LogP contribution in [0.4, 0.5) is 10.2 Å². The summed E-state index contributed by atoms with van der Waals surface area (Å²) in [7, 11) is 0. The van der Waals surface area contributed by atoms with Crippen LogP contribution in [0.15, 0.2) is 42.2 Å². The number of aromatic nitrogens is 4. The van der Waals surface area contributed by atoms with Crippen LogP contribution < -0.4 is 10.5 Å². The molecule has 1 atom stereocenters. The van der Waals surface area contributed by atoms with Gasteiger partial charge in [0.15, 0.2) is 11.6 Å². The van der Waals surface area contributed by atoms with Gasteiger partial charge >= 0.3 is 0 Å². The van der Waals surface area contributed by atoms with Gasteiger partial charge in [0, 0.05) is 22.9 Å². The van der Waals surface area contributed by atoms with Crippen LogP contribution in [0.1, 0.15) is 29.8 Å². The lowest BCUT2D eigenvalue weighted by Crippen LogP contribution is -2.11. The Hall–Kier alpha value is -3.77. The number of anilines is 1. The van der Waals surface area contributed by atoms with Crippen LogP contribution in [0, 0.1) is 17.1 Å². The van der Waals surface area contributed by atoms with E-state index in [1.807, 2.05) is 6.92 Å². The van der Waals surface area contributed by atoms with Gasteiger partial charge in [-0.2, -0.15) is 10.4 Å². The normalized spacial score (nSPS) is 14.9. The predicted molar refractivity (Wildman–Crippen MR) is 110 cm³/mol. The number of nitriles is 1. The second-order valence-electron chi connectivity index (χ2n) is 6.90. The highest BCUT2D eigenvalue weighted by Gasteiger charge is 2.23. The number of hydrogen-bond donors (Lipinski definition) is 1. The molecule has 0 amide bonds. The lowest BCUT2D eigenvalue weighted by Gasteiger charge is -2.21. The topological polar surface area (TPSA) is 103 Å². The molecular weight excluding hydrogens is 403 g/mol. The maximum Gasteiger partial charge on any atom is 0.166 e. The molecule has 0 spiro atoms. The van der Waals surface area contributed by atoms with Crippen LogP contribution in [0.3, 0.4) is 0 Å². The number of nitrogens with zero attached hydrogens (tertiary/aromatic N) is 5. The number of rotatable bonds is 0. The van der Waals surface area contributed by atoms with Crippen molar-refractivity contribution in [2.75, 3.05) is 5.73 Å². The number of thiazole rings is 1. The number of halogens is 1. The fraction of sp³-hybridized carbons (Fsp3) is 0.143. The summed E-state index contributed by atoms with van der Waals surface area (Å²) in [6.45, 7) is 2.18. The van der Waals surface area contributed by atoms with E-state index in [9.17, 15) is 9.65 Å². The molecule has 148 valence electrons. The fourth-order valence-corrected chi connectivity index (χ4v) is 4.50. The number of pyridine rings is 1. The van der Waals surface area contributed by atoms with E-state index in [1.165, 1.54) is 29.7 Å². The van der Waals surface area contributed by atoms with Crippen molar-refractivity contribution in [3.05, 3.63) is 64.8 Å². The van der Waals surface area contributed by atoms with Gasteiger partial charge in [0.2, 0.25) is 0 Å². The minimum atomic E-state index is -0.496. The molecule has 4 heterocycles. The summed E-state index contributed by atoms with van der Waals surface area (Å²) in [5.74, 6) is 0.218. The summed E-state index contributed by atoms with van der Waals surface area (Å²) < 4.78 is 21.9. The summed E-state index contributed by atoms with van der Waals surface area (Å²) in [6.07, 6.45) is 2.61. The summed E-state index contributed by atoms with van der Waals surface area (Å²) in [5, 5.41) is 14.0. The van der Waals surface area contributed by atoms with Gasteiger partial charge in [-0.1, -0.05) is 6.07 Å². The van der Waals surface area contributed by atoms with Gasteiger partial charge < -0.3 is 10.5 Å². The van der Waals surface area contributed by atoms with E-state index in [-0.39, 0.29) is 11.6 Å². The molecule has 4 aromatic rings. The van der Waals surface area contributed by atoms with Crippen molar-refractivity contribution in [1.82, 2.24) is 19.7 Å². The molecule has 5 rings (SSSR count). The van der Waals surface area contributed by atoms with Crippen molar-refractivity contribution in [1.29, 1.82) is 5.26 Å². The van der Waals surface area contributed by atoms with Crippen LogP contribution in [0.5, 0.6) is 5.75 Å². The largest absolute Gasteiger partial charge is 0.482 e. The second kappa shape index (κ2) is 6.93. The Morgan fingerprint density at radius 3 is 3.00 bits per heavy atom. The predicted octanol–water partition coefficient (Wildman–Crippen LogP) is 4.16. The number of fused-ring (bicyclic) bond motifs is 7. The molecule has 0 radical (unpaired) electrons. The van der Waals surface area contributed by atoms with Crippen molar-refractivity contribution in [3.63, 3.8) is 0 Å². The molecule has 9 heteroatoms. The minimum Gasteiger partial charge on any atom is -0.482 e. The highest BCUT2D eigenvalue weighted by atomic mass is 32.1. The van der Waals surface area contributed by atoms with Gasteiger partial charge in [-0.05, 0) is 25.1 Å². The standard InChI is InChI=1S/C21H15FN6OS/c1-11-16-5-14(22)2-3-15(16)20-17(26-10-30-20)9-28-19(13(6-23)8-27-28)12-4-18(29-11)21(24)25-7-12/h2-5,7-8,10-11H,9H2,1H3,(H2,24,25)/t11-/m1/s1. The smallest absolute Gasteiger partial charge is 0.166 e. The van der Waals surface area contributed by atoms with Crippen molar-refractivity contribution < 1.29 is 9.13 Å². The zero-order valence-corrected chi connectivity index (χ0v) is 16.7. The molecule has 3 aromatic heterocycles. The van der Waals surface area contributed by atoms with E-state index < -0.39 is 6.10 Å². The Bertz CT molecular complexity index is 1320. The third-order valence-corrected chi connectivity index (χ3v) is 5.96. The Labute approximate surface area is 175 Å². The van der Waals surface area contributed by atoms with Crippen molar-refractivity contribution in [2.24, 2.45) is 0 Å². The average molecular weight is 418 g/mol. The third-order valence-electron chi connectivity index (χ3n) is 5.06. The van der Waals surface area contributed by atoms with Crippen LogP contribution >= 0.6 is 11.3 Å². The van der Waals surface area contributed by atoms with E-state index in [1.54, 1.807) is 28.5 Å². The first kappa shape index (κ1) is 18.3. The molecule has 2 N–H and O–H groups in total. The Morgan fingerprint density at radius 1 is 1.30 bits per heavy atom. The third kappa shape index (κ3) is 2.89. The Kier molecular flexibility index (Phi) is 4.22. The molecule has 0 unspecified atom stereocenters. The first-order valence-electron chi connectivity index (χ1n) is 9.15. The summed E-state index contributed by atoms with van der Waals surface area (Å²) >= 11 is 1.46. The quantitative estimate of drug-likeness (QED) is 0.460. The summed E-state index contributed by atoms with van der Waals surface area (Å²) in [5.41, 5.74) is 11.8. The Balaban J connectivity index is 1.81. The maximum absolute atomic E-state index is 14.1. The Morgan fingerprint density at radius 2 is 2.17 bits per heavy atom. The first-order chi connectivity index (χ1) is 14.5.